The Morgan fingerprint density at radius 1 is 1.44 bits per heavy atom. The standard InChI is InChI=1S/C6H7NO2/c8-5-3-6(9)7-2-1-4(5)7/h4H,1-3H2/t4-/m1/s1. The molecule has 0 bridgehead atoms. The Morgan fingerprint density at radius 3 is 2.44 bits per heavy atom. The highest BCUT2D eigenvalue weighted by molar-refractivity contribution is 6.08. The lowest BCUT2D eigenvalue weighted by Gasteiger charge is -2.32. The van der Waals surface area contributed by atoms with Gasteiger partial charge >= 0.3 is 0 Å². The number of amides is 1. The number of hydrogen-bond acceptors (Lipinski definition) is 2. The van der Waals surface area contributed by atoms with Gasteiger partial charge in [0, 0.05) is 6.54 Å². The number of hydrogen-bond donors (Lipinski definition) is 0. The molecular weight excluding hydrogens is 118 g/mol. The molecule has 48 valence electrons. The van der Waals surface area contributed by atoms with Gasteiger partial charge in [-0.05, 0) is 6.42 Å². The number of Topliss-reactive ketones (excluding diaryl/α,β-unsaturated/α-hetero) is 1. The molecule has 3 nitrogen and oxygen atoms in total. The van der Waals surface area contributed by atoms with Crippen molar-refractivity contribution in [2.24, 2.45) is 0 Å². The highest BCUT2D eigenvalue weighted by Gasteiger charge is 2.44. The summed E-state index contributed by atoms with van der Waals surface area (Å²) in [5.41, 5.74) is 0. The molecule has 9 heavy (non-hydrogen) atoms. The van der Waals surface area contributed by atoms with Crippen LogP contribution in [0.2, 0.25) is 0 Å². The van der Waals surface area contributed by atoms with E-state index >= 15 is 0 Å². The molecule has 2 aliphatic rings. The summed E-state index contributed by atoms with van der Waals surface area (Å²) in [7, 11) is 0. The SMILES string of the molecule is O=C1CC(=O)N2CC[C@H]12. The van der Waals surface area contributed by atoms with Crippen LogP contribution in [-0.4, -0.2) is 29.2 Å². The van der Waals surface area contributed by atoms with E-state index in [2.05, 4.69) is 0 Å². The molecule has 0 radical (unpaired) electrons. The molecule has 0 saturated carbocycles. The van der Waals surface area contributed by atoms with Gasteiger partial charge in [0.15, 0.2) is 5.78 Å². The molecular formula is C6H7NO2. The van der Waals surface area contributed by atoms with E-state index in [1.54, 1.807) is 4.90 Å². The minimum Gasteiger partial charge on any atom is -0.332 e. The largest absolute Gasteiger partial charge is 0.332 e. The monoisotopic (exact) mass is 125 g/mol. The van der Waals surface area contributed by atoms with Crippen LogP contribution in [0, 0.1) is 0 Å². The van der Waals surface area contributed by atoms with E-state index in [4.69, 9.17) is 0 Å². The molecule has 0 unspecified atom stereocenters. The third-order valence-electron chi connectivity index (χ3n) is 2.04. The van der Waals surface area contributed by atoms with Crippen molar-refractivity contribution in [1.29, 1.82) is 0 Å². The summed E-state index contributed by atoms with van der Waals surface area (Å²) in [6.45, 7) is 0.801. The lowest BCUT2D eigenvalue weighted by Crippen LogP contribution is -2.47. The van der Waals surface area contributed by atoms with Gasteiger partial charge in [0.05, 0.1) is 12.5 Å². The van der Waals surface area contributed by atoms with Crippen LogP contribution in [0.4, 0.5) is 0 Å². The smallest absolute Gasteiger partial charge is 0.230 e. The summed E-state index contributed by atoms with van der Waals surface area (Å²) in [4.78, 5) is 23.2. The maximum Gasteiger partial charge on any atom is 0.230 e. The molecule has 0 N–H and O–H groups in total. The van der Waals surface area contributed by atoms with E-state index in [1.807, 2.05) is 0 Å². The summed E-state index contributed by atoms with van der Waals surface area (Å²) >= 11 is 0. The average molecular weight is 125 g/mol. The van der Waals surface area contributed by atoms with Crippen molar-refractivity contribution < 1.29 is 9.59 Å². The third kappa shape index (κ3) is 0.465. The summed E-state index contributed by atoms with van der Waals surface area (Å²) in [6, 6.07) is -0.0162. The molecule has 2 rings (SSSR count). The van der Waals surface area contributed by atoms with Crippen LogP contribution >= 0.6 is 0 Å². The minimum absolute atomic E-state index is 0.0162. The van der Waals surface area contributed by atoms with Crippen molar-refractivity contribution in [2.75, 3.05) is 6.54 Å². The first-order chi connectivity index (χ1) is 4.29. The van der Waals surface area contributed by atoms with Gasteiger partial charge < -0.3 is 4.90 Å². The molecule has 2 aliphatic heterocycles. The van der Waals surface area contributed by atoms with E-state index in [-0.39, 0.29) is 24.2 Å². The lowest BCUT2D eigenvalue weighted by molar-refractivity contribution is -0.133. The molecule has 0 aliphatic carbocycles. The van der Waals surface area contributed by atoms with Gasteiger partial charge in [-0.1, -0.05) is 0 Å². The summed E-state index contributed by atoms with van der Waals surface area (Å²) in [6.07, 6.45) is 1.05. The molecule has 3 heteroatoms. The van der Waals surface area contributed by atoms with E-state index in [0.29, 0.717) is 0 Å². The number of carbonyl (C=O) groups excluding carboxylic acids is 2. The van der Waals surface area contributed by atoms with Crippen LogP contribution in [0.25, 0.3) is 0 Å². The average Bonchev–Trinajstić information content (AvgIpc) is 1.73. The van der Waals surface area contributed by atoms with Crippen molar-refractivity contribution in [3.05, 3.63) is 0 Å². The maximum absolute atomic E-state index is 10.8. The molecule has 0 aromatic rings. The van der Waals surface area contributed by atoms with Gasteiger partial charge in [-0.15, -0.1) is 0 Å². The van der Waals surface area contributed by atoms with Gasteiger partial charge in [0.25, 0.3) is 0 Å². The minimum atomic E-state index is -0.0162. The van der Waals surface area contributed by atoms with Crippen LogP contribution < -0.4 is 0 Å². The summed E-state index contributed by atoms with van der Waals surface area (Å²) in [5, 5.41) is 0. The predicted molar refractivity (Wildman–Crippen MR) is 29.7 cm³/mol. The van der Waals surface area contributed by atoms with Gasteiger partial charge in [-0.3, -0.25) is 9.59 Å². The Labute approximate surface area is 52.6 Å². The molecule has 0 aromatic carbocycles. The zero-order valence-corrected chi connectivity index (χ0v) is 4.96. The van der Waals surface area contributed by atoms with Crippen LogP contribution in [0.1, 0.15) is 12.8 Å². The third-order valence-corrected chi connectivity index (χ3v) is 2.04. The first kappa shape index (κ1) is 4.97. The second kappa shape index (κ2) is 1.35. The zero-order valence-electron chi connectivity index (χ0n) is 4.96. The molecule has 0 spiro atoms. The maximum atomic E-state index is 10.8. The Hall–Kier alpha value is -0.860. The molecule has 1 amide bonds. The van der Waals surface area contributed by atoms with Crippen LogP contribution in [-0.2, 0) is 9.59 Å². The quantitative estimate of drug-likeness (QED) is 0.411. The number of fused-ring (bicyclic) bond motifs is 1. The van der Waals surface area contributed by atoms with E-state index in [1.165, 1.54) is 0 Å². The first-order valence-corrected chi connectivity index (χ1v) is 3.11. The fourth-order valence-corrected chi connectivity index (χ4v) is 1.39. The highest BCUT2D eigenvalue weighted by Crippen LogP contribution is 2.26. The van der Waals surface area contributed by atoms with Crippen molar-refractivity contribution in [2.45, 2.75) is 18.9 Å². The van der Waals surface area contributed by atoms with E-state index in [0.717, 1.165) is 13.0 Å². The Kier molecular flexibility index (Phi) is 0.743. The molecule has 2 saturated heterocycles. The highest BCUT2D eigenvalue weighted by atomic mass is 16.2. The van der Waals surface area contributed by atoms with Gasteiger partial charge in [0.2, 0.25) is 5.91 Å². The number of carbonyl (C=O) groups is 2. The van der Waals surface area contributed by atoms with Crippen molar-refractivity contribution in [3.8, 4) is 0 Å². The lowest BCUT2D eigenvalue weighted by atomic mass is 10.0. The number of nitrogens with zero attached hydrogens (tertiary/aromatic N) is 1. The molecule has 2 fully saturated rings. The second-order valence-electron chi connectivity index (χ2n) is 2.53. The van der Waals surface area contributed by atoms with Crippen molar-refractivity contribution >= 4 is 11.7 Å². The number of rotatable bonds is 0. The van der Waals surface area contributed by atoms with Crippen LogP contribution in [0.15, 0.2) is 0 Å². The van der Waals surface area contributed by atoms with Gasteiger partial charge in [0.1, 0.15) is 0 Å². The van der Waals surface area contributed by atoms with Crippen molar-refractivity contribution in [1.82, 2.24) is 4.90 Å². The summed E-state index contributed by atoms with van der Waals surface area (Å²) < 4.78 is 0. The zero-order chi connectivity index (χ0) is 6.43. The Bertz CT molecular complexity index is 167. The fraction of sp³-hybridized carbons (Fsp3) is 0.667. The molecule has 1 atom stereocenters. The topological polar surface area (TPSA) is 37.4 Å². The van der Waals surface area contributed by atoms with Gasteiger partial charge in [-0.25, -0.2) is 0 Å². The van der Waals surface area contributed by atoms with Crippen molar-refractivity contribution in [3.63, 3.8) is 0 Å². The summed E-state index contributed by atoms with van der Waals surface area (Å²) in [5.74, 6) is 0.141. The Balaban J connectivity index is 2.26. The van der Waals surface area contributed by atoms with Crippen LogP contribution in [0.5, 0.6) is 0 Å². The Morgan fingerprint density at radius 2 is 2.22 bits per heavy atom. The fourth-order valence-electron chi connectivity index (χ4n) is 1.39. The van der Waals surface area contributed by atoms with E-state index < -0.39 is 0 Å². The van der Waals surface area contributed by atoms with Crippen LogP contribution in [0.3, 0.4) is 0 Å². The second-order valence-corrected chi connectivity index (χ2v) is 2.53. The first-order valence-electron chi connectivity index (χ1n) is 3.11. The molecule has 2 heterocycles. The van der Waals surface area contributed by atoms with E-state index in [9.17, 15) is 9.59 Å². The predicted octanol–water partition coefficient (Wildman–Crippen LogP) is -0.440. The number of ketones is 1. The normalized spacial score (nSPS) is 32.4. The molecule has 0 aromatic heterocycles. The van der Waals surface area contributed by atoms with Gasteiger partial charge in [-0.2, -0.15) is 0 Å².